The number of hydrogen-bond acceptors (Lipinski definition) is 0. The first-order valence-electron chi connectivity index (χ1n) is 7.18. The smallest absolute Gasteiger partial charge is 0.0175 e. The van der Waals surface area contributed by atoms with Gasteiger partial charge in [0.05, 0.1) is 0 Å². The van der Waals surface area contributed by atoms with E-state index in [1.54, 1.807) is 0 Å². The van der Waals surface area contributed by atoms with Gasteiger partial charge in [0.25, 0.3) is 0 Å². The van der Waals surface area contributed by atoms with E-state index < -0.39 is 0 Å². The summed E-state index contributed by atoms with van der Waals surface area (Å²) in [7, 11) is 0. The highest BCUT2D eigenvalue weighted by molar-refractivity contribution is 14.1. The number of hydrogen-bond donors (Lipinski definition) is 0. The second-order valence-electron chi connectivity index (χ2n) is 4.64. The van der Waals surface area contributed by atoms with E-state index in [0.29, 0.717) is 0 Å². The summed E-state index contributed by atoms with van der Waals surface area (Å²) in [5.41, 5.74) is 0. The van der Waals surface area contributed by atoms with Gasteiger partial charge in [-0.15, -0.1) is 0 Å². The van der Waals surface area contributed by atoms with Crippen molar-refractivity contribution >= 4 is 45.2 Å². The predicted molar refractivity (Wildman–Crippen MR) is 97.7 cm³/mol. The van der Waals surface area contributed by atoms with Crippen LogP contribution in [0.5, 0.6) is 0 Å². The summed E-state index contributed by atoms with van der Waals surface area (Å²) in [4.78, 5) is 0. The maximum atomic E-state index is 2.48. The second-order valence-corrected chi connectivity index (χ2v) is 6.60. The Kier molecular flexibility index (Phi) is 18.4. The summed E-state index contributed by atoms with van der Waals surface area (Å²) in [6, 6.07) is 0. The Balaban J connectivity index is 2.91. The van der Waals surface area contributed by atoms with Gasteiger partial charge in [-0.1, -0.05) is 109 Å². The normalized spacial score (nSPS) is 11.4. The molecule has 0 aliphatic heterocycles. The van der Waals surface area contributed by atoms with Crippen molar-refractivity contribution in [2.24, 2.45) is 0 Å². The summed E-state index contributed by atoms with van der Waals surface area (Å²) >= 11 is 4.87. The van der Waals surface area contributed by atoms with E-state index >= 15 is 0 Å². The zero-order chi connectivity index (χ0) is 12.6. The lowest BCUT2D eigenvalue weighted by Crippen LogP contribution is -1.82. The van der Waals surface area contributed by atoms with E-state index in [-0.39, 0.29) is 0 Å². The summed E-state index contributed by atoms with van der Waals surface area (Å²) in [5.74, 6) is 0. The van der Waals surface area contributed by atoms with E-state index in [0.717, 1.165) is 4.43 Å². The Labute approximate surface area is 136 Å². The predicted octanol–water partition coefficient (Wildman–Crippen LogP) is 6.70. The van der Waals surface area contributed by atoms with Crippen molar-refractivity contribution in [3.05, 3.63) is 12.2 Å². The van der Waals surface area contributed by atoms with E-state index in [4.69, 9.17) is 0 Å². The van der Waals surface area contributed by atoms with Crippen molar-refractivity contribution < 1.29 is 0 Å². The van der Waals surface area contributed by atoms with Crippen molar-refractivity contribution in [3.63, 3.8) is 0 Å². The highest BCUT2D eigenvalue weighted by Gasteiger charge is 1.92. The molecule has 0 spiro atoms. The minimum atomic E-state index is 1.16. The largest absolute Gasteiger partial charge is 0.0878 e. The average Bonchev–Trinajstić information content (AvgIpc) is 2.35. The molecule has 2 heteroatoms. The first-order valence-corrected chi connectivity index (χ1v) is 10.2. The quantitative estimate of drug-likeness (QED) is 0.124. The van der Waals surface area contributed by atoms with Crippen molar-refractivity contribution in [2.75, 3.05) is 8.86 Å². The molecule has 0 fully saturated rings. The van der Waals surface area contributed by atoms with Gasteiger partial charge in [0.15, 0.2) is 0 Å². The fraction of sp³-hybridized carbons (Fsp3) is 0.867. The third-order valence-corrected chi connectivity index (χ3v) is 4.28. The van der Waals surface area contributed by atoms with Crippen LogP contribution in [0.25, 0.3) is 0 Å². The molecule has 0 amide bonds. The molecule has 0 unspecified atom stereocenters. The first kappa shape index (κ1) is 18.2. The van der Waals surface area contributed by atoms with Crippen molar-refractivity contribution in [1.82, 2.24) is 0 Å². The summed E-state index contributed by atoms with van der Waals surface area (Å²) < 4.78 is 2.50. The Morgan fingerprint density at radius 3 is 1.47 bits per heavy atom. The summed E-state index contributed by atoms with van der Waals surface area (Å²) in [6.45, 7) is 0. The van der Waals surface area contributed by atoms with Gasteiger partial charge >= 0.3 is 0 Å². The van der Waals surface area contributed by atoms with Crippen LogP contribution >= 0.6 is 45.2 Å². The molecular formula is C15H28I2. The van der Waals surface area contributed by atoms with Gasteiger partial charge in [0, 0.05) is 4.43 Å². The molecule has 0 nitrogen and oxygen atoms in total. The highest BCUT2D eigenvalue weighted by Crippen LogP contribution is 2.11. The van der Waals surface area contributed by atoms with Gasteiger partial charge in [-0.05, 0) is 23.7 Å². The molecule has 0 aromatic rings. The van der Waals surface area contributed by atoms with Crippen LogP contribution in [0.3, 0.4) is 0 Å². The van der Waals surface area contributed by atoms with Gasteiger partial charge in [0.2, 0.25) is 0 Å². The molecule has 0 saturated heterocycles. The number of unbranched alkanes of at least 4 members (excludes halogenated alkanes) is 10. The maximum Gasteiger partial charge on any atom is 0.0175 e. The van der Waals surface area contributed by atoms with Crippen LogP contribution in [0.4, 0.5) is 0 Å². The number of alkyl halides is 2. The molecule has 0 N–H and O–H groups in total. The van der Waals surface area contributed by atoms with Gasteiger partial charge in [0.1, 0.15) is 0 Å². The zero-order valence-electron chi connectivity index (χ0n) is 11.1. The lowest BCUT2D eigenvalue weighted by molar-refractivity contribution is 0.559. The SMILES string of the molecule is ICC=CCCCCCCCCCCCCI. The topological polar surface area (TPSA) is 0 Å². The molecule has 17 heavy (non-hydrogen) atoms. The molecular weight excluding hydrogens is 434 g/mol. The van der Waals surface area contributed by atoms with E-state index in [2.05, 4.69) is 57.3 Å². The summed E-state index contributed by atoms with van der Waals surface area (Å²) in [6.07, 6.45) is 20.4. The van der Waals surface area contributed by atoms with Crippen LogP contribution < -0.4 is 0 Å². The molecule has 0 radical (unpaired) electrons. The monoisotopic (exact) mass is 462 g/mol. The van der Waals surface area contributed by atoms with Gasteiger partial charge in [-0.3, -0.25) is 0 Å². The number of halogens is 2. The van der Waals surface area contributed by atoms with Gasteiger partial charge < -0.3 is 0 Å². The van der Waals surface area contributed by atoms with Crippen LogP contribution in [0.2, 0.25) is 0 Å². The Hall–Kier alpha value is 1.20. The number of rotatable bonds is 13. The molecule has 0 aromatic heterocycles. The Morgan fingerprint density at radius 2 is 1.00 bits per heavy atom. The minimum absolute atomic E-state index is 1.16. The number of allylic oxidation sites excluding steroid dienone is 2. The van der Waals surface area contributed by atoms with E-state index in [9.17, 15) is 0 Å². The third-order valence-electron chi connectivity index (χ3n) is 3.01. The first-order chi connectivity index (χ1) is 8.41. The van der Waals surface area contributed by atoms with Gasteiger partial charge in [-0.2, -0.15) is 0 Å². The Bertz CT molecular complexity index is 155. The third kappa shape index (κ3) is 17.2. The highest BCUT2D eigenvalue weighted by atomic mass is 127. The van der Waals surface area contributed by atoms with Gasteiger partial charge in [-0.25, -0.2) is 0 Å². The maximum absolute atomic E-state index is 2.48. The molecule has 0 rings (SSSR count). The van der Waals surface area contributed by atoms with Crippen LogP contribution in [-0.2, 0) is 0 Å². The van der Waals surface area contributed by atoms with Crippen LogP contribution in [-0.4, -0.2) is 8.86 Å². The fourth-order valence-corrected chi connectivity index (χ4v) is 2.85. The van der Waals surface area contributed by atoms with Crippen LogP contribution in [0.15, 0.2) is 12.2 Å². The molecule has 0 aliphatic carbocycles. The lowest BCUT2D eigenvalue weighted by atomic mass is 10.1. The molecule has 0 atom stereocenters. The van der Waals surface area contributed by atoms with Crippen molar-refractivity contribution in [1.29, 1.82) is 0 Å². The van der Waals surface area contributed by atoms with Crippen LogP contribution in [0, 0.1) is 0 Å². The molecule has 0 aliphatic rings. The lowest BCUT2D eigenvalue weighted by Gasteiger charge is -2.01. The van der Waals surface area contributed by atoms with E-state index in [1.165, 1.54) is 75.1 Å². The molecule has 0 heterocycles. The van der Waals surface area contributed by atoms with Crippen molar-refractivity contribution in [3.8, 4) is 0 Å². The Morgan fingerprint density at radius 1 is 0.529 bits per heavy atom. The molecule has 0 bridgehead atoms. The molecule has 0 saturated carbocycles. The second kappa shape index (κ2) is 17.2. The fourth-order valence-electron chi connectivity index (χ4n) is 1.95. The standard InChI is InChI=1S/C15H28I2/c16-14-12-10-8-6-4-2-1-3-5-7-9-11-13-15-17/h10,12H,1-9,11,13-15H2. The molecule has 102 valence electrons. The zero-order valence-corrected chi connectivity index (χ0v) is 15.4. The molecule has 0 aromatic carbocycles. The van der Waals surface area contributed by atoms with E-state index in [1.807, 2.05) is 0 Å². The average molecular weight is 462 g/mol. The minimum Gasteiger partial charge on any atom is -0.0878 e. The summed E-state index contributed by atoms with van der Waals surface area (Å²) in [5, 5.41) is 0. The van der Waals surface area contributed by atoms with Crippen molar-refractivity contribution in [2.45, 2.75) is 70.6 Å². The van der Waals surface area contributed by atoms with Crippen LogP contribution in [0.1, 0.15) is 70.6 Å².